The Balaban J connectivity index is 1.72. The molecule has 4 rings (SSSR count). The molecule has 0 spiro atoms. The zero-order valence-electron chi connectivity index (χ0n) is 10.0. The Hall–Kier alpha value is -2.62. The van der Waals surface area contributed by atoms with E-state index in [1.165, 1.54) is 23.9 Å². The van der Waals surface area contributed by atoms with Crippen LogP contribution in [-0.4, -0.2) is 9.97 Å². The molecule has 0 amide bonds. The van der Waals surface area contributed by atoms with E-state index in [0.717, 1.165) is 28.6 Å². The van der Waals surface area contributed by atoms with Gasteiger partial charge in [-0.1, -0.05) is 12.1 Å². The number of aromatic nitrogens is 2. The van der Waals surface area contributed by atoms with E-state index in [9.17, 15) is 0 Å². The van der Waals surface area contributed by atoms with Gasteiger partial charge in [-0.15, -0.1) is 0 Å². The van der Waals surface area contributed by atoms with Crippen molar-refractivity contribution in [3.8, 4) is 0 Å². The number of hydrogen-bond donors (Lipinski definition) is 0. The molecular weight excluding hydrogens is 240 g/mol. The molecule has 0 saturated carbocycles. The van der Waals surface area contributed by atoms with Gasteiger partial charge in [-0.2, -0.15) is 0 Å². The lowest BCUT2D eigenvalue weighted by atomic mass is 10.0. The van der Waals surface area contributed by atoms with Crippen LogP contribution in [0, 0.1) is 0 Å². The molecule has 0 fully saturated rings. The summed E-state index contributed by atoms with van der Waals surface area (Å²) >= 11 is 0. The first kappa shape index (κ1) is 10.3. The normalized spacial score (nSPS) is 11.4. The van der Waals surface area contributed by atoms with E-state index in [0.29, 0.717) is 0 Å². The van der Waals surface area contributed by atoms with Crippen molar-refractivity contribution in [1.82, 2.24) is 9.97 Å². The predicted octanol–water partition coefficient (Wildman–Crippen LogP) is 3.56. The van der Waals surface area contributed by atoms with Crippen LogP contribution >= 0.6 is 0 Å². The third-order valence-corrected chi connectivity index (χ3v) is 3.20. The van der Waals surface area contributed by atoms with Gasteiger partial charge >= 0.3 is 0 Å². The van der Waals surface area contributed by atoms with Crippen LogP contribution in [0.1, 0.15) is 11.1 Å². The number of nitrogens with zero attached hydrogens (tertiary/aromatic N) is 2. The van der Waals surface area contributed by atoms with Crippen molar-refractivity contribution in [3.63, 3.8) is 0 Å². The molecular formula is C15H10N2O2. The molecule has 0 radical (unpaired) electrons. The summed E-state index contributed by atoms with van der Waals surface area (Å²) in [5.41, 5.74) is 5.81. The fourth-order valence-electron chi connectivity index (χ4n) is 2.26. The SMILES string of the molecule is c1nc2cc(Cc3ccc4ocnc4c3)ccc2o1. The topological polar surface area (TPSA) is 52.1 Å². The van der Waals surface area contributed by atoms with Crippen molar-refractivity contribution < 1.29 is 8.83 Å². The summed E-state index contributed by atoms with van der Waals surface area (Å²) in [4.78, 5) is 8.34. The van der Waals surface area contributed by atoms with Gasteiger partial charge in [0.1, 0.15) is 11.0 Å². The summed E-state index contributed by atoms with van der Waals surface area (Å²) in [6.07, 6.45) is 3.78. The summed E-state index contributed by atoms with van der Waals surface area (Å²) in [6.45, 7) is 0. The van der Waals surface area contributed by atoms with Crippen LogP contribution in [0.5, 0.6) is 0 Å². The highest BCUT2D eigenvalue weighted by molar-refractivity contribution is 5.74. The molecule has 19 heavy (non-hydrogen) atoms. The van der Waals surface area contributed by atoms with Gasteiger partial charge in [0.05, 0.1) is 0 Å². The van der Waals surface area contributed by atoms with E-state index < -0.39 is 0 Å². The van der Waals surface area contributed by atoms with Crippen molar-refractivity contribution in [3.05, 3.63) is 60.3 Å². The first-order valence-corrected chi connectivity index (χ1v) is 6.03. The van der Waals surface area contributed by atoms with Crippen LogP contribution in [0.3, 0.4) is 0 Å². The molecule has 2 heterocycles. The molecule has 0 aliphatic carbocycles. The van der Waals surface area contributed by atoms with Gasteiger partial charge in [-0.25, -0.2) is 9.97 Å². The Kier molecular flexibility index (Phi) is 2.14. The fourth-order valence-corrected chi connectivity index (χ4v) is 2.26. The highest BCUT2D eigenvalue weighted by Gasteiger charge is 2.04. The van der Waals surface area contributed by atoms with Gasteiger partial charge in [-0.05, 0) is 41.8 Å². The summed E-state index contributed by atoms with van der Waals surface area (Å²) in [5.74, 6) is 0. The smallest absolute Gasteiger partial charge is 0.181 e. The second-order valence-corrected chi connectivity index (χ2v) is 4.49. The maximum absolute atomic E-state index is 5.24. The summed E-state index contributed by atoms with van der Waals surface area (Å²) in [7, 11) is 0. The minimum Gasteiger partial charge on any atom is -0.443 e. The molecule has 0 unspecified atom stereocenters. The molecule has 0 aliphatic rings. The number of hydrogen-bond acceptors (Lipinski definition) is 4. The van der Waals surface area contributed by atoms with Gasteiger partial charge in [0.2, 0.25) is 0 Å². The first-order chi connectivity index (χ1) is 9.38. The third kappa shape index (κ3) is 1.78. The largest absolute Gasteiger partial charge is 0.443 e. The van der Waals surface area contributed by atoms with E-state index in [4.69, 9.17) is 8.83 Å². The van der Waals surface area contributed by atoms with E-state index in [1.54, 1.807) is 0 Å². The van der Waals surface area contributed by atoms with Gasteiger partial charge in [0, 0.05) is 0 Å². The lowest BCUT2D eigenvalue weighted by Crippen LogP contribution is -1.88. The predicted molar refractivity (Wildman–Crippen MR) is 70.8 cm³/mol. The van der Waals surface area contributed by atoms with Crippen molar-refractivity contribution in [2.45, 2.75) is 6.42 Å². The molecule has 4 heteroatoms. The fraction of sp³-hybridized carbons (Fsp3) is 0.0667. The van der Waals surface area contributed by atoms with Crippen molar-refractivity contribution in [2.24, 2.45) is 0 Å². The zero-order valence-corrected chi connectivity index (χ0v) is 10.0. The number of fused-ring (bicyclic) bond motifs is 2. The Morgan fingerprint density at radius 1 is 0.737 bits per heavy atom. The van der Waals surface area contributed by atoms with Crippen LogP contribution in [0.4, 0.5) is 0 Å². The number of rotatable bonds is 2. The molecule has 0 N–H and O–H groups in total. The minimum atomic E-state index is 0.815. The number of oxazole rings is 2. The quantitative estimate of drug-likeness (QED) is 0.545. The van der Waals surface area contributed by atoms with Gasteiger partial charge in [0.15, 0.2) is 24.0 Å². The molecule has 4 nitrogen and oxygen atoms in total. The molecule has 2 aromatic heterocycles. The zero-order chi connectivity index (χ0) is 12.7. The van der Waals surface area contributed by atoms with Gasteiger partial charge in [0.25, 0.3) is 0 Å². The lowest BCUT2D eigenvalue weighted by Gasteiger charge is -2.01. The van der Waals surface area contributed by atoms with Crippen molar-refractivity contribution >= 4 is 22.2 Å². The van der Waals surface area contributed by atoms with E-state index >= 15 is 0 Å². The lowest BCUT2D eigenvalue weighted by molar-refractivity contribution is 0.602. The molecule has 0 bridgehead atoms. The highest BCUT2D eigenvalue weighted by atomic mass is 16.3. The minimum absolute atomic E-state index is 0.815. The summed E-state index contributed by atoms with van der Waals surface area (Å²) in [5, 5.41) is 0. The highest BCUT2D eigenvalue weighted by Crippen LogP contribution is 2.19. The van der Waals surface area contributed by atoms with Crippen LogP contribution in [-0.2, 0) is 6.42 Å². The third-order valence-electron chi connectivity index (χ3n) is 3.20. The monoisotopic (exact) mass is 250 g/mol. The van der Waals surface area contributed by atoms with E-state index in [2.05, 4.69) is 22.1 Å². The van der Waals surface area contributed by atoms with Gasteiger partial charge < -0.3 is 8.83 Å². The molecule has 92 valence electrons. The number of benzene rings is 2. The Morgan fingerprint density at radius 3 is 1.79 bits per heavy atom. The standard InChI is InChI=1S/C15H10N2O2/c1-3-14-12(16-8-18-14)6-10(1)5-11-2-4-15-13(7-11)17-9-19-15/h1-4,6-9H,5H2. The molecule has 0 saturated heterocycles. The maximum Gasteiger partial charge on any atom is 0.181 e. The second kappa shape index (κ2) is 3.95. The first-order valence-electron chi connectivity index (χ1n) is 6.03. The molecule has 0 aliphatic heterocycles. The van der Waals surface area contributed by atoms with Crippen LogP contribution in [0.15, 0.2) is 58.0 Å². The van der Waals surface area contributed by atoms with Crippen LogP contribution in [0.25, 0.3) is 22.2 Å². The van der Waals surface area contributed by atoms with Crippen molar-refractivity contribution in [2.75, 3.05) is 0 Å². The second-order valence-electron chi connectivity index (χ2n) is 4.49. The summed E-state index contributed by atoms with van der Waals surface area (Å²) in [6, 6.07) is 12.1. The van der Waals surface area contributed by atoms with Gasteiger partial charge in [-0.3, -0.25) is 0 Å². The van der Waals surface area contributed by atoms with Crippen LogP contribution in [0.2, 0.25) is 0 Å². The molecule has 0 atom stereocenters. The Bertz CT molecular complexity index is 788. The Labute approximate surface area is 108 Å². The molecule has 4 aromatic rings. The summed E-state index contributed by atoms with van der Waals surface area (Å²) < 4.78 is 10.5. The Morgan fingerprint density at radius 2 is 1.26 bits per heavy atom. The maximum atomic E-state index is 5.24. The average molecular weight is 250 g/mol. The van der Waals surface area contributed by atoms with Crippen LogP contribution < -0.4 is 0 Å². The van der Waals surface area contributed by atoms with Crippen molar-refractivity contribution in [1.29, 1.82) is 0 Å². The van der Waals surface area contributed by atoms with E-state index in [-0.39, 0.29) is 0 Å². The molecule has 2 aromatic carbocycles. The average Bonchev–Trinajstić information content (AvgIpc) is 3.05. The van der Waals surface area contributed by atoms with E-state index in [1.807, 2.05) is 24.3 Å².